The Morgan fingerprint density at radius 1 is 1.46 bits per heavy atom. The monoisotopic (exact) mass is 194 g/mol. The van der Waals surface area contributed by atoms with Crippen LogP contribution in [0.25, 0.3) is 0 Å². The number of para-hydroxylation sites is 1. The zero-order valence-corrected chi connectivity index (χ0v) is 8.00. The molecule has 0 saturated heterocycles. The van der Waals surface area contributed by atoms with E-state index in [0.717, 1.165) is 18.8 Å². The van der Waals surface area contributed by atoms with E-state index in [1.165, 1.54) is 5.56 Å². The van der Waals surface area contributed by atoms with Crippen LogP contribution in [0.5, 0.6) is 5.75 Å². The van der Waals surface area contributed by atoms with Crippen LogP contribution >= 0.6 is 11.6 Å². The molecule has 1 nitrogen and oxygen atoms in total. The Morgan fingerprint density at radius 3 is 3.15 bits per heavy atom. The van der Waals surface area contributed by atoms with Crippen LogP contribution in [-0.2, 0) is 0 Å². The van der Waals surface area contributed by atoms with Gasteiger partial charge < -0.3 is 4.74 Å². The topological polar surface area (TPSA) is 9.23 Å². The first-order chi connectivity index (χ1) is 6.42. The summed E-state index contributed by atoms with van der Waals surface area (Å²) in [6.07, 6.45) is 2.93. The van der Waals surface area contributed by atoms with Crippen LogP contribution in [0.3, 0.4) is 0 Å². The average molecular weight is 195 g/mol. The van der Waals surface area contributed by atoms with E-state index < -0.39 is 0 Å². The molecule has 1 atom stereocenters. The summed E-state index contributed by atoms with van der Waals surface area (Å²) in [6, 6.07) is 8.18. The Morgan fingerprint density at radius 2 is 2.31 bits per heavy atom. The normalized spacial score (nSPS) is 20.2. The third kappa shape index (κ3) is 1.70. The summed E-state index contributed by atoms with van der Waals surface area (Å²) in [5.41, 5.74) is 2.87. The van der Waals surface area contributed by atoms with Crippen molar-refractivity contribution < 1.29 is 4.74 Å². The van der Waals surface area contributed by atoms with E-state index in [1.54, 1.807) is 5.54 Å². The second-order valence-corrected chi connectivity index (χ2v) is 3.40. The van der Waals surface area contributed by atoms with E-state index in [4.69, 9.17) is 16.3 Å². The maximum atomic E-state index is 5.53. The summed E-state index contributed by atoms with van der Waals surface area (Å²) in [5, 5.41) is 0. The fourth-order valence-corrected chi connectivity index (χ4v) is 1.74. The molecule has 1 aliphatic rings. The minimum atomic E-state index is 0.478. The Bertz CT molecular complexity index is 320. The third-order valence-corrected chi connectivity index (χ3v) is 2.49. The molecule has 1 heterocycles. The van der Waals surface area contributed by atoms with Gasteiger partial charge in [-0.3, -0.25) is 0 Å². The summed E-state index contributed by atoms with van der Waals surface area (Å²) < 4.78 is 5.53. The summed E-state index contributed by atoms with van der Waals surface area (Å²) in [6.45, 7) is 0.778. The molecule has 0 radical (unpaired) electrons. The predicted octanol–water partition coefficient (Wildman–Crippen LogP) is 3.31. The second kappa shape index (κ2) is 3.84. The van der Waals surface area contributed by atoms with Crippen molar-refractivity contribution in [2.45, 2.75) is 12.3 Å². The highest BCUT2D eigenvalue weighted by Crippen LogP contribution is 2.35. The lowest BCUT2D eigenvalue weighted by atomic mass is 9.98. The highest BCUT2D eigenvalue weighted by molar-refractivity contribution is 6.25. The van der Waals surface area contributed by atoms with Crippen molar-refractivity contribution in [3.63, 3.8) is 0 Å². The average Bonchev–Trinajstić information content (AvgIpc) is 2.58. The number of hydrogen-bond donors (Lipinski definition) is 0. The molecule has 0 saturated carbocycles. The Labute approximate surface area is 83.0 Å². The fraction of sp³-hybridized carbons (Fsp3) is 0.273. The maximum Gasteiger partial charge on any atom is 0.122 e. The van der Waals surface area contributed by atoms with Crippen LogP contribution < -0.4 is 4.74 Å². The van der Waals surface area contributed by atoms with E-state index in [1.807, 2.05) is 24.3 Å². The highest BCUT2D eigenvalue weighted by Gasteiger charge is 2.21. The van der Waals surface area contributed by atoms with Gasteiger partial charge in [-0.05, 0) is 12.5 Å². The van der Waals surface area contributed by atoms with E-state index in [2.05, 4.69) is 6.07 Å². The van der Waals surface area contributed by atoms with Crippen molar-refractivity contribution in [3.8, 4) is 5.75 Å². The molecule has 0 bridgehead atoms. The summed E-state index contributed by atoms with van der Waals surface area (Å²) in [4.78, 5) is 0. The highest BCUT2D eigenvalue weighted by atomic mass is 35.5. The van der Waals surface area contributed by atoms with Gasteiger partial charge in [-0.1, -0.05) is 35.9 Å². The van der Waals surface area contributed by atoms with Crippen molar-refractivity contribution >= 4 is 11.6 Å². The van der Waals surface area contributed by atoms with E-state index >= 15 is 0 Å². The molecule has 68 valence electrons. The number of rotatable bonds is 2. The SMILES string of the molecule is Cl/C=C/CC1COc2ccccc21. The standard InChI is InChI=1S/C11H11ClO/c12-7-3-4-9-8-13-11-6-2-1-5-10(9)11/h1-3,5-7,9H,4,8H2/b7-3+. The Hall–Kier alpha value is -0.950. The molecular weight excluding hydrogens is 184 g/mol. The second-order valence-electron chi connectivity index (χ2n) is 3.14. The molecule has 13 heavy (non-hydrogen) atoms. The molecule has 0 aromatic heterocycles. The summed E-state index contributed by atoms with van der Waals surface area (Å²) in [7, 11) is 0. The third-order valence-electron chi connectivity index (χ3n) is 2.31. The number of hydrogen-bond acceptors (Lipinski definition) is 1. The molecule has 1 aromatic carbocycles. The van der Waals surface area contributed by atoms with Gasteiger partial charge in [-0.15, -0.1) is 0 Å². The fourth-order valence-electron chi connectivity index (χ4n) is 1.64. The van der Waals surface area contributed by atoms with Crippen LogP contribution in [0.4, 0.5) is 0 Å². The van der Waals surface area contributed by atoms with Gasteiger partial charge in [0.25, 0.3) is 0 Å². The van der Waals surface area contributed by atoms with E-state index in [-0.39, 0.29) is 0 Å². The van der Waals surface area contributed by atoms with Crippen molar-refractivity contribution in [2.24, 2.45) is 0 Å². The van der Waals surface area contributed by atoms with Crippen molar-refractivity contribution in [1.82, 2.24) is 0 Å². The molecular formula is C11H11ClO. The molecule has 1 aliphatic heterocycles. The molecule has 0 amide bonds. The summed E-state index contributed by atoms with van der Waals surface area (Å²) >= 11 is 5.49. The number of fused-ring (bicyclic) bond motifs is 1. The van der Waals surface area contributed by atoms with Gasteiger partial charge >= 0.3 is 0 Å². The first-order valence-corrected chi connectivity index (χ1v) is 4.82. The van der Waals surface area contributed by atoms with Gasteiger partial charge in [0.05, 0.1) is 6.61 Å². The number of ether oxygens (including phenoxy) is 1. The molecule has 0 aliphatic carbocycles. The molecule has 2 heteroatoms. The van der Waals surface area contributed by atoms with Crippen LogP contribution in [0, 0.1) is 0 Å². The van der Waals surface area contributed by atoms with Gasteiger partial charge in [0.1, 0.15) is 5.75 Å². The van der Waals surface area contributed by atoms with Crippen LogP contribution in [-0.4, -0.2) is 6.61 Å². The lowest BCUT2D eigenvalue weighted by molar-refractivity contribution is 0.331. The lowest BCUT2D eigenvalue weighted by Gasteiger charge is -2.03. The van der Waals surface area contributed by atoms with Crippen molar-refractivity contribution in [1.29, 1.82) is 0 Å². The van der Waals surface area contributed by atoms with Crippen LogP contribution in [0.15, 0.2) is 35.9 Å². The Balaban J connectivity index is 2.18. The minimum absolute atomic E-state index is 0.478. The van der Waals surface area contributed by atoms with Gasteiger partial charge in [0.15, 0.2) is 0 Å². The Kier molecular flexibility index (Phi) is 2.55. The van der Waals surface area contributed by atoms with Crippen molar-refractivity contribution in [2.75, 3.05) is 6.61 Å². The zero-order valence-electron chi connectivity index (χ0n) is 7.24. The number of benzene rings is 1. The van der Waals surface area contributed by atoms with Gasteiger partial charge in [0.2, 0.25) is 0 Å². The smallest absolute Gasteiger partial charge is 0.122 e. The predicted molar refractivity (Wildman–Crippen MR) is 54.3 cm³/mol. The molecule has 2 rings (SSSR count). The molecule has 0 N–H and O–H groups in total. The number of allylic oxidation sites excluding steroid dienone is 1. The molecule has 0 spiro atoms. The van der Waals surface area contributed by atoms with Crippen molar-refractivity contribution in [3.05, 3.63) is 41.4 Å². The van der Waals surface area contributed by atoms with E-state index in [9.17, 15) is 0 Å². The lowest BCUT2D eigenvalue weighted by Crippen LogP contribution is -1.98. The maximum absolute atomic E-state index is 5.53. The van der Waals surface area contributed by atoms with Gasteiger partial charge in [-0.25, -0.2) is 0 Å². The molecule has 1 aromatic rings. The molecule has 0 fully saturated rings. The largest absolute Gasteiger partial charge is 0.493 e. The van der Waals surface area contributed by atoms with E-state index in [0.29, 0.717) is 5.92 Å². The van der Waals surface area contributed by atoms with Gasteiger partial charge in [0, 0.05) is 17.0 Å². The van der Waals surface area contributed by atoms with Crippen LogP contribution in [0.1, 0.15) is 17.9 Å². The van der Waals surface area contributed by atoms with Crippen LogP contribution in [0.2, 0.25) is 0 Å². The first kappa shape index (κ1) is 8.64. The quantitative estimate of drug-likeness (QED) is 0.702. The molecule has 1 unspecified atom stereocenters. The minimum Gasteiger partial charge on any atom is -0.493 e. The summed E-state index contributed by atoms with van der Waals surface area (Å²) in [5.74, 6) is 1.50. The van der Waals surface area contributed by atoms with Gasteiger partial charge in [-0.2, -0.15) is 0 Å². The number of halogens is 1. The first-order valence-electron chi connectivity index (χ1n) is 4.39. The zero-order chi connectivity index (χ0) is 9.10.